The second kappa shape index (κ2) is 8.29. The van der Waals surface area contributed by atoms with E-state index in [1.54, 1.807) is 36.2 Å². The van der Waals surface area contributed by atoms with Gasteiger partial charge in [0.15, 0.2) is 11.5 Å². The van der Waals surface area contributed by atoms with Gasteiger partial charge in [-0.1, -0.05) is 24.8 Å². The quantitative estimate of drug-likeness (QED) is 0.804. The van der Waals surface area contributed by atoms with Gasteiger partial charge in [0.05, 0.1) is 0 Å². The van der Waals surface area contributed by atoms with Crippen LogP contribution in [0.4, 0.5) is 10.5 Å². The highest BCUT2D eigenvalue weighted by molar-refractivity contribution is 5.89. The zero-order valence-corrected chi connectivity index (χ0v) is 14.7. The third-order valence-electron chi connectivity index (χ3n) is 3.85. The third-order valence-corrected chi connectivity index (χ3v) is 3.85. The fraction of sp³-hybridized carbons (Fsp3) is 0.250. The first-order valence-electron chi connectivity index (χ1n) is 8.40. The van der Waals surface area contributed by atoms with E-state index in [1.807, 2.05) is 24.3 Å². The second-order valence-electron chi connectivity index (χ2n) is 5.89. The summed E-state index contributed by atoms with van der Waals surface area (Å²) in [7, 11) is 1.75. The molecule has 3 rings (SSSR count). The van der Waals surface area contributed by atoms with Gasteiger partial charge < -0.3 is 24.4 Å². The molecule has 2 amide bonds. The van der Waals surface area contributed by atoms with Gasteiger partial charge in [-0.15, -0.1) is 0 Å². The summed E-state index contributed by atoms with van der Waals surface area (Å²) >= 11 is 0. The number of nitrogens with one attached hydrogen (secondary N) is 1. The van der Waals surface area contributed by atoms with Crippen LogP contribution in [-0.4, -0.2) is 37.8 Å². The molecular formula is C20H22N2O4. The first kappa shape index (κ1) is 17.7. The third kappa shape index (κ3) is 4.47. The average Bonchev–Trinajstić information content (AvgIpc) is 2.67. The predicted octanol–water partition coefficient (Wildman–Crippen LogP) is 3.69. The number of hydrogen-bond acceptors (Lipinski definition) is 4. The Hall–Kier alpha value is -3.15. The highest BCUT2D eigenvalue weighted by Crippen LogP contribution is 2.32. The zero-order valence-electron chi connectivity index (χ0n) is 14.7. The van der Waals surface area contributed by atoms with Crippen molar-refractivity contribution in [1.82, 2.24) is 4.90 Å². The minimum Gasteiger partial charge on any atom is -0.490 e. The summed E-state index contributed by atoms with van der Waals surface area (Å²) in [5, 5.41) is 2.87. The van der Waals surface area contributed by atoms with Crippen molar-refractivity contribution >= 4 is 11.7 Å². The maximum absolute atomic E-state index is 12.4. The van der Waals surface area contributed by atoms with Gasteiger partial charge in [0, 0.05) is 25.3 Å². The van der Waals surface area contributed by atoms with E-state index in [0.29, 0.717) is 43.6 Å². The lowest BCUT2D eigenvalue weighted by Gasteiger charge is -2.21. The van der Waals surface area contributed by atoms with Gasteiger partial charge in [-0.25, -0.2) is 4.79 Å². The Balaban J connectivity index is 1.56. The Bertz CT molecular complexity index is 774. The molecule has 0 aliphatic carbocycles. The topological polar surface area (TPSA) is 60.0 Å². The fourth-order valence-electron chi connectivity index (χ4n) is 2.53. The number of ether oxygens (including phenoxy) is 3. The summed E-state index contributed by atoms with van der Waals surface area (Å²) in [5.74, 6) is 2.12. The van der Waals surface area contributed by atoms with Crippen molar-refractivity contribution in [2.45, 2.75) is 6.54 Å². The molecule has 0 saturated carbocycles. The SMILES string of the molecule is C=CCOc1ccc(CN(C)C(=O)Nc2ccc3c(c2)OCCO3)cc1. The van der Waals surface area contributed by atoms with Crippen molar-refractivity contribution in [3.8, 4) is 17.2 Å². The minimum atomic E-state index is -0.200. The van der Waals surface area contributed by atoms with Crippen LogP contribution >= 0.6 is 0 Å². The number of nitrogens with zero attached hydrogens (tertiary/aromatic N) is 1. The number of carbonyl (C=O) groups excluding carboxylic acids is 1. The molecule has 0 spiro atoms. The summed E-state index contributed by atoms with van der Waals surface area (Å²) in [6.45, 7) is 5.62. The monoisotopic (exact) mass is 354 g/mol. The van der Waals surface area contributed by atoms with Crippen molar-refractivity contribution in [2.24, 2.45) is 0 Å². The van der Waals surface area contributed by atoms with Crippen molar-refractivity contribution < 1.29 is 19.0 Å². The Morgan fingerprint density at radius 1 is 1.19 bits per heavy atom. The Morgan fingerprint density at radius 2 is 1.92 bits per heavy atom. The highest BCUT2D eigenvalue weighted by atomic mass is 16.6. The number of hydrogen-bond donors (Lipinski definition) is 1. The molecule has 0 radical (unpaired) electrons. The molecule has 1 aliphatic heterocycles. The van der Waals surface area contributed by atoms with Crippen LogP contribution in [0.2, 0.25) is 0 Å². The van der Waals surface area contributed by atoms with E-state index in [4.69, 9.17) is 14.2 Å². The van der Waals surface area contributed by atoms with Crippen LogP contribution in [-0.2, 0) is 6.54 Å². The van der Waals surface area contributed by atoms with E-state index < -0.39 is 0 Å². The molecule has 0 bridgehead atoms. The van der Waals surface area contributed by atoms with E-state index in [1.165, 1.54) is 0 Å². The summed E-state index contributed by atoms with van der Waals surface area (Å²) in [6.07, 6.45) is 1.70. The van der Waals surface area contributed by atoms with Crippen LogP contribution in [0.5, 0.6) is 17.2 Å². The van der Waals surface area contributed by atoms with Crippen molar-refractivity contribution in [1.29, 1.82) is 0 Å². The fourth-order valence-corrected chi connectivity index (χ4v) is 2.53. The standard InChI is InChI=1S/C20H22N2O4/c1-3-10-24-17-7-4-15(5-8-17)14-22(2)20(23)21-16-6-9-18-19(13-16)26-12-11-25-18/h3-9,13H,1,10-12,14H2,2H3,(H,21,23). The first-order chi connectivity index (χ1) is 12.7. The number of fused-ring (bicyclic) bond motifs is 1. The van der Waals surface area contributed by atoms with Gasteiger partial charge in [-0.3, -0.25) is 0 Å². The lowest BCUT2D eigenvalue weighted by Crippen LogP contribution is -2.30. The maximum Gasteiger partial charge on any atom is 0.321 e. The zero-order chi connectivity index (χ0) is 18.4. The van der Waals surface area contributed by atoms with Crippen molar-refractivity contribution in [2.75, 3.05) is 32.2 Å². The number of anilines is 1. The Kier molecular flexibility index (Phi) is 5.63. The number of rotatable bonds is 6. The van der Waals surface area contributed by atoms with E-state index in [9.17, 15) is 4.79 Å². The number of urea groups is 1. The molecule has 6 heteroatoms. The lowest BCUT2D eigenvalue weighted by atomic mass is 10.2. The second-order valence-corrected chi connectivity index (χ2v) is 5.89. The van der Waals surface area contributed by atoms with Gasteiger partial charge in [-0.05, 0) is 29.8 Å². The highest BCUT2D eigenvalue weighted by Gasteiger charge is 2.14. The Morgan fingerprint density at radius 3 is 2.65 bits per heavy atom. The summed E-state index contributed by atoms with van der Waals surface area (Å²) in [4.78, 5) is 14.0. The molecule has 6 nitrogen and oxygen atoms in total. The predicted molar refractivity (Wildman–Crippen MR) is 100 cm³/mol. The van der Waals surface area contributed by atoms with Gasteiger partial charge >= 0.3 is 6.03 Å². The Labute approximate surface area is 153 Å². The van der Waals surface area contributed by atoms with Gasteiger partial charge in [0.1, 0.15) is 25.6 Å². The molecule has 0 unspecified atom stereocenters. The lowest BCUT2D eigenvalue weighted by molar-refractivity contribution is 0.171. The van der Waals surface area contributed by atoms with Gasteiger partial charge in [0.2, 0.25) is 0 Å². The van der Waals surface area contributed by atoms with E-state index in [0.717, 1.165) is 11.3 Å². The van der Waals surface area contributed by atoms with Gasteiger partial charge in [-0.2, -0.15) is 0 Å². The molecule has 1 heterocycles. The summed E-state index contributed by atoms with van der Waals surface area (Å²) in [6, 6.07) is 12.8. The van der Waals surface area contributed by atoms with Crippen LogP contribution in [0.15, 0.2) is 55.1 Å². The molecule has 2 aromatic carbocycles. The van der Waals surface area contributed by atoms with Crippen LogP contribution in [0.25, 0.3) is 0 Å². The van der Waals surface area contributed by atoms with Crippen LogP contribution < -0.4 is 19.5 Å². The first-order valence-corrected chi connectivity index (χ1v) is 8.40. The molecular weight excluding hydrogens is 332 g/mol. The van der Waals surface area contributed by atoms with Gasteiger partial charge in [0.25, 0.3) is 0 Å². The minimum absolute atomic E-state index is 0.200. The molecule has 26 heavy (non-hydrogen) atoms. The molecule has 0 aromatic heterocycles. The smallest absolute Gasteiger partial charge is 0.321 e. The summed E-state index contributed by atoms with van der Waals surface area (Å²) < 4.78 is 16.5. The van der Waals surface area contributed by atoms with Crippen molar-refractivity contribution in [3.05, 3.63) is 60.7 Å². The van der Waals surface area contributed by atoms with Crippen LogP contribution in [0.1, 0.15) is 5.56 Å². The molecule has 0 saturated heterocycles. The van der Waals surface area contributed by atoms with Crippen molar-refractivity contribution in [3.63, 3.8) is 0 Å². The molecule has 136 valence electrons. The molecule has 0 atom stereocenters. The van der Waals surface area contributed by atoms with E-state index in [2.05, 4.69) is 11.9 Å². The molecule has 1 aliphatic rings. The largest absolute Gasteiger partial charge is 0.490 e. The normalized spacial score (nSPS) is 12.2. The number of benzene rings is 2. The maximum atomic E-state index is 12.4. The number of amides is 2. The molecule has 2 aromatic rings. The number of carbonyl (C=O) groups is 1. The molecule has 1 N–H and O–H groups in total. The van der Waals surface area contributed by atoms with Crippen LogP contribution in [0, 0.1) is 0 Å². The summed E-state index contributed by atoms with van der Waals surface area (Å²) in [5.41, 5.74) is 1.68. The van der Waals surface area contributed by atoms with E-state index >= 15 is 0 Å². The molecule has 0 fully saturated rings. The average molecular weight is 354 g/mol. The van der Waals surface area contributed by atoms with Crippen LogP contribution in [0.3, 0.4) is 0 Å². The van der Waals surface area contributed by atoms with E-state index in [-0.39, 0.29) is 6.03 Å².